The molecule has 5 rings (SSSR count). The Morgan fingerprint density at radius 2 is 1.93 bits per heavy atom. The molecule has 0 bridgehead atoms. The maximum atomic E-state index is 12.6. The number of benzene rings is 2. The number of para-hydroxylation sites is 3. The standard InChI is InChI=1S/C21H18N4O5/c1-28-16-8-4-2-6-14(16)19-22-20(30-23-19)13-10-24(11-13)18(26)12-25-15-7-3-5-9-17(15)29-21(25)27/h2-9,13H,10-12H2,1H3. The summed E-state index contributed by atoms with van der Waals surface area (Å²) in [5, 5.41) is 4.05. The van der Waals surface area contributed by atoms with Crippen LogP contribution in [0.5, 0.6) is 5.75 Å². The van der Waals surface area contributed by atoms with Crippen molar-refractivity contribution in [2.75, 3.05) is 20.2 Å². The van der Waals surface area contributed by atoms with E-state index in [1.165, 1.54) is 4.57 Å². The van der Waals surface area contributed by atoms with Gasteiger partial charge in [-0.1, -0.05) is 29.4 Å². The van der Waals surface area contributed by atoms with E-state index in [1.807, 2.05) is 24.3 Å². The Labute approximate surface area is 170 Å². The van der Waals surface area contributed by atoms with Gasteiger partial charge < -0.3 is 18.6 Å². The fourth-order valence-electron chi connectivity index (χ4n) is 3.58. The zero-order valence-electron chi connectivity index (χ0n) is 16.1. The van der Waals surface area contributed by atoms with E-state index in [9.17, 15) is 9.59 Å². The highest BCUT2D eigenvalue weighted by atomic mass is 16.5. The summed E-state index contributed by atoms with van der Waals surface area (Å²) in [6.45, 7) is 0.840. The molecule has 1 saturated heterocycles. The van der Waals surface area contributed by atoms with Gasteiger partial charge in [0, 0.05) is 13.1 Å². The molecule has 0 unspecified atom stereocenters. The molecule has 0 spiro atoms. The second kappa shape index (κ2) is 7.18. The van der Waals surface area contributed by atoms with E-state index < -0.39 is 5.76 Å². The first-order valence-corrected chi connectivity index (χ1v) is 9.47. The fraction of sp³-hybridized carbons (Fsp3) is 0.238. The molecule has 0 atom stereocenters. The summed E-state index contributed by atoms with van der Waals surface area (Å²) < 4.78 is 17.3. The summed E-state index contributed by atoms with van der Waals surface area (Å²) in [5.74, 6) is 0.842. The molecular formula is C21H18N4O5. The molecule has 1 amide bonds. The Morgan fingerprint density at radius 1 is 1.17 bits per heavy atom. The first-order valence-electron chi connectivity index (χ1n) is 9.47. The normalized spacial score (nSPS) is 14.1. The topological polar surface area (TPSA) is 104 Å². The number of amides is 1. The lowest BCUT2D eigenvalue weighted by Gasteiger charge is -2.37. The third-order valence-corrected chi connectivity index (χ3v) is 5.24. The van der Waals surface area contributed by atoms with Gasteiger partial charge in [-0.05, 0) is 24.3 Å². The van der Waals surface area contributed by atoms with E-state index >= 15 is 0 Å². The number of carbonyl (C=O) groups is 1. The van der Waals surface area contributed by atoms with Gasteiger partial charge in [-0.25, -0.2) is 4.79 Å². The number of fused-ring (bicyclic) bond motifs is 1. The van der Waals surface area contributed by atoms with Crippen LogP contribution in [0.1, 0.15) is 11.8 Å². The maximum absolute atomic E-state index is 12.6. The number of hydrogen-bond acceptors (Lipinski definition) is 7. The number of hydrogen-bond donors (Lipinski definition) is 0. The molecule has 0 saturated carbocycles. The summed E-state index contributed by atoms with van der Waals surface area (Å²) in [7, 11) is 1.59. The van der Waals surface area contributed by atoms with Crippen molar-refractivity contribution in [3.8, 4) is 17.1 Å². The van der Waals surface area contributed by atoms with E-state index in [4.69, 9.17) is 13.7 Å². The van der Waals surface area contributed by atoms with Crippen molar-refractivity contribution < 1.29 is 18.5 Å². The number of ether oxygens (including phenoxy) is 1. The van der Waals surface area contributed by atoms with Gasteiger partial charge in [-0.2, -0.15) is 4.98 Å². The van der Waals surface area contributed by atoms with E-state index in [0.717, 1.165) is 5.56 Å². The number of likely N-dealkylation sites (tertiary alicyclic amines) is 1. The second-order valence-electron chi connectivity index (χ2n) is 7.07. The smallest absolute Gasteiger partial charge is 0.420 e. The van der Waals surface area contributed by atoms with Gasteiger partial charge in [0.05, 0.1) is 24.1 Å². The van der Waals surface area contributed by atoms with Crippen molar-refractivity contribution >= 4 is 17.0 Å². The Bertz CT molecular complexity index is 1280. The lowest BCUT2D eigenvalue weighted by molar-refractivity contribution is -0.136. The average molecular weight is 406 g/mol. The zero-order valence-corrected chi connectivity index (χ0v) is 16.1. The van der Waals surface area contributed by atoms with Crippen LogP contribution in [0, 0.1) is 0 Å². The highest BCUT2D eigenvalue weighted by Gasteiger charge is 2.36. The molecule has 30 heavy (non-hydrogen) atoms. The Balaban J connectivity index is 1.26. The molecule has 0 N–H and O–H groups in total. The largest absolute Gasteiger partial charge is 0.496 e. The minimum absolute atomic E-state index is 0.0391. The van der Waals surface area contributed by atoms with Crippen LogP contribution in [-0.2, 0) is 11.3 Å². The van der Waals surface area contributed by atoms with Crippen molar-refractivity contribution in [3.05, 3.63) is 65.0 Å². The fourth-order valence-corrected chi connectivity index (χ4v) is 3.58. The summed E-state index contributed by atoms with van der Waals surface area (Å²) >= 11 is 0. The monoisotopic (exact) mass is 406 g/mol. The van der Waals surface area contributed by atoms with Gasteiger partial charge >= 0.3 is 5.76 Å². The molecule has 2 aromatic carbocycles. The molecule has 2 aromatic heterocycles. The molecule has 0 aliphatic carbocycles. The molecule has 1 aliphatic rings. The molecule has 152 valence electrons. The van der Waals surface area contributed by atoms with Crippen molar-refractivity contribution in [2.24, 2.45) is 0 Å². The SMILES string of the molecule is COc1ccccc1-c1noc(C2CN(C(=O)Cn3c(=O)oc4ccccc43)C2)n1. The lowest BCUT2D eigenvalue weighted by atomic mass is 10.00. The van der Waals surface area contributed by atoms with Crippen LogP contribution >= 0.6 is 0 Å². The third-order valence-electron chi connectivity index (χ3n) is 5.24. The van der Waals surface area contributed by atoms with Crippen LogP contribution in [-0.4, -0.2) is 45.7 Å². The number of methoxy groups -OCH3 is 1. The summed E-state index contributed by atoms with van der Waals surface area (Å²) in [6, 6.07) is 14.5. The van der Waals surface area contributed by atoms with Crippen molar-refractivity contribution in [2.45, 2.75) is 12.5 Å². The summed E-state index contributed by atoms with van der Waals surface area (Å²) in [5.41, 5.74) is 1.81. The van der Waals surface area contributed by atoms with Crippen molar-refractivity contribution in [1.82, 2.24) is 19.6 Å². The molecule has 3 heterocycles. The summed E-state index contributed by atoms with van der Waals surface area (Å²) in [4.78, 5) is 30.8. The maximum Gasteiger partial charge on any atom is 0.420 e. The van der Waals surface area contributed by atoms with Gasteiger partial charge in [0.25, 0.3) is 0 Å². The first-order chi connectivity index (χ1) is 14.6. The van der Waals surface area contributed by atoms with Crippen LogP contribution in [0.25, 0.3) is 22.5 Å². The number of rotatable bonds is 5. The van der Waals surface area contributed by atoms with Gasteiger partial charge in [0.15, 0.2) is 5.58 Å². The number of aromatic nitrogens is 3. The van der Waals surface area contributed by atoms with E-state index in [2.05, 4.69) is 10.1 Å². The van der Waals surface area contributed by atoms with Crippen LogP contribution in [0.2, 0.25) is 0 Å². The van der Waals surface area contributed by atoms with Gasteiger partial charge in [-0.3, -0.25) is 9.36 Å². The highest BCUT2D eigenvalue weighted by molar-refractivity contribution is 5.80. The molecule has 0 radical (unpaired) electrons. The molecule has 1 aliphatic heterocycles. The van der Waals surface area contributed by atoms with Crippen LogP contribution < -0.4 is 10.5 Å². The van der Waals surface area contributed by atoms with Crippen molar-refractivity contribution in [1.29, 1.82) is 0 Å². The third kappa shape index (κ3) is 3.04. The minimum atomic E-state index is -0.542. The van der Waals surface area contributed by atoms with Crippen LogP contribution in [0.4, 0.5) is 0 Å². The van der Waals surface area contributed by atoms with Crippen molar-refractivity contribution in [3.63, 3.8) is 0 Å². The number of carbonyl (C=O) groups excluding carboxylic acids is 1. The van der Waals surface area contributed by atoms with E-state index in [0.29, 0.717) is 41.7 Å². The Hall–Kier alpha value is -3.88. The summed E-state index contributed by atoms with van der Waals surface area (Å²) in [6.07, 6.45) is 0. The predicted octanol–water partition coefficient (Wildman–Crippen LogP) is 2.28. The molecule has 9 heteroatoms. The van der Waals surface area contributed by atoms with E-state index in [1.54, 1.807) is 36.3 Å². The van der Waals surface area contributed by atoms with Crippen LogP contribution in [0.3, 0.4) is 0 Å². The zero-order chi connectivity index (χ0) is 20.7. The number of nitrogens with zero attached hydrogens (tertiary/aromatic N) is 4. The highest BCUT2D eigenvalue weighted by Crippen LogP contribution is 2.31. The first kappa shape index (κ1) is 18.2. The molecular weight excluding hydrogens is 388 g/mol. The quantitative estimate of drug-likeness (QED) is 0.501. The number of oxazole rings is 1. The predicted molar refractivity (Wildman–Crippen MR) is 106 cm³/mol. The van der Waals surface area contributed by atoms with E-state index in [-0.39, 0.29) is 18.4 Å². The van der Waals surface area contributed by atoms with Gasteiger partial charge in [0.2, 0.25) is 17.6 Å². The molecule has 4 aromatic rings. The van der Waals surface area contributed by atoms with Gasteiger partial charge in [-0.15, -0.1) is 0 Å². The molecule has 1 fully saturated rings. The minimum Gasteiger partial charge on any atom is -0.496 e. The Morgan fingerprint density at radius 3 is 2.77 bits per heavy atom. The van der Waals surface area contributed by atoms with Gasteiger partial charge in [0.1, 0.15) is 12.3 Å². The molecule has 9 nitrogen and oxygen atoms in total. The second-order valence-corrected chi connectivity index (χ2v) is 7.07. The lowest BCUT2D eigenvalue weighted by Crippen LogP contribution is -2.50. The average Bonchev–Trinajstić information content (AvgIpc) is 3.32. The van der Waals surface area contributed by atoms with Crippen LogP contribution in [0.15, 0.2) is 62.3 Å². The Kier molecular flexibility index (Phi) is 4.35.